The van der Waals surface area contributed by atoms with Crippen LogP contribution < -0.4 is 0 Å². The highest BCUT2D eigenvalue weighted by atomic mass is 19.1. The maximum absolute atomic E-state index is 13.1. The minimum Gasteiger partial charge on any atom is -0.306 e. The van der Waals surface area contributed by atoms with Crippen LogP contribution in [0.4, 0.5) is 4.39 Å². The van der Waals surface area contributed by atoms with Gasteiger partial charge in [-0.15, -0.1) is 0 Å². The number of carbonyl (C=O) groups is 2. The van der Waals surface area contributed by atoms with E-state index < -0.39 is 0 Å². The highest BCUT2D eigenvalue weighted by molar-refractivity contribution is 6.01. The van der Waals surface area contributed by atoms with Crippen LogP contribution in [0.15, 0.2) is 24.3 Å². The molecule has 2 aliphatic heterocycles. The predicted molar refractivity (Wildman–Crippen MR) is 80.7 cm³/mol. The number of hydrogen-bond donors (Lipinski definition) is 0. The topological polar surface area (TPSA) is 40.6 Å². The third-order valence-corrected chi connectivity index (χ3v) is 4.81. The quantitative estimate of drug-likeness (QED) is 0.802. The zero-order valence-corrected chi connectivity index (χ0v) is 12.8. The monoisotopic (exact) mass is 304 g/mol. The van der Waals surface area contributed by atoms with Crippen molar-refractivity contribution in [3.8, 4) is 0 Å². The number of benzene rings is 1. The molecule has 2 saturated heterocycles. The van der Waals surface area contributed by atoms with Crippen molar-refractivity contribution in [3.05, 3.63) is 35.6 Å². The highest BCUT2D eigenvalue weighted by Crippen LogP contribution is 2.34. The van der Waals surface area contributed by atoms with Crippen molar-refractivity contribution >= 4 is 11.8 Å². The van der Waals surface area contributed by atoms with Crippen LogP contribution in [-0.2, 0) is 9.59 Å². The van der Waals surface area contributed by atoms with E-state index in [1.54, 1.807) is 0 Å². The first kappa shape index (κ1) is 15.2. The predicted octanol–water partition coefficient (Wildman–Crippen LogP) is 2.01. The first-order chi connectivity index (χ1) is 10.5. The number of carbonyl (C=O) groups excluding carboxylic acids is 2. The number of hydrogen-bond acceptors (Lipinski definition) is 3. The van der Waals surface area contributed by atoms with Crippen molar-refractivity contribution < 1.29 is 14.0 Å². The van der Waals surface area contributed by atoms with Crippen LogP contribution in [0.25, 0.3) is 0 Å². The number of amides is 2. The van der Waals surface area contributed by atoms with Crippen molar-refractivity contribution in [1.29, 1.82) is 0 Å². The van der Waals surface area contributed by atoms with Crippen molar-refractivity contribution in [2.75, 3.05) is 26.7 Å². The van der Waals surface area contributed by atoms with Crippen LogP contribution in [0.1, 0.15) is 30.7 Å². The molecular weight excluding hydrogens is 283 g/mol. The van der Waals surface area contributed by atoms with Gasteiger partial charge in [-0.25, -0.2) is 4.39 Å². The van der Waals surface area contributed by atoms with Gasteiger partial charge in [0, 0.05) is 25.9 Å². The number of nitrogens with zero attached hydrogens (tertiary/aromatic N) is 2. The number of halogens is 1. The smallest absolute Gasteiger partial charge is 0.229 e. The van der Waals surface area contributed by atoms with E-state index in [0.717, 1.165) is 25.1 Å². The molecule has 0 saturated carbocycles. The standard InChI is InChI=1S/C17H21FN2O2/c1-19-9-8-15(12-2-4-14(18)5-3-12)13(10-19)11-20-16(21)6-7-17(20)22/h2-5,13,15H,6-11H2,1H3/t13-,15-/m0/s1. The van der Waals surface area contributed by atoms with Crippen LogP contribution in [0.3, 0.4) is 0 Å². The molecule has 118 valence electrons. The minimum absolute atomic E-state index is 0.0592. The average molecular weight is 304 g/mol. The zero-order valence-electron chi connectivity index (χ0n) is 12.8. The largest absolute Gasteiger partial charge is 0.306 e. The molecule has 22 heavy (non-hydrogen) atoms. The molecule has 0 spiro atoms. The van der Waals surface area contributed by atoms with Gasteiger partial charge in [-0.2, -0.15) is 0 Å². The second kappa shape index (κ2) is 6.16. The number of likely N-dealkylation sites (tertiary alicyclic amines) is 2. The molecule has 0 bridgehead atoms. The fourth-order valence-electron chi connectivity index (χ4n) is 3.61. The van der Waals surface area contributed by atoms with E-state index >= 15 is 0 Å². The lowest BCUT2D eigenvalue weighted by Gasteiger charge is -2.38. The number of piperidine rings is 1. The summed E-state index contributed by atoms with van der Waals surface area (Å²) in [6.07, 6.45) is 1.63. The molecule has 0 aromatic heterocycles. The van der Waals surface area contributed by atoms with Crippen LogP contribution >= 0.6 is 0 Å². The molecule has 2 aliphatic rings. The summed E-state index contributed by atoms with van der Waals surface area (Å²) >= 11 is 0. The molecule has 2 fully saturated rings. The normalized spacial score (nSPS) is 26.7. The molecule has 5 heteroatoms. The molecule has 0 radical (unpaired) electrons. The summed E-state index contributed by atoms with van der Waals surface area (Å²) in [7, 11) is 2.06. The summed E-state index contributed by atoms with van der Waals surface area (Å²) in [4.78, 5) is 27.4. The van der Waals surface area contributed by atoms with E-state index in [9.17, 15) is 14.0 Å². The van der Waals surface area contributed by atoms with Gasteiger partial charge < -0.3 is 4.90 Å². The fraction of sp³-hybridized carbons (Fsp3) is 0.529. The molecule has 0 aliphatic carbocycles. The van der Waals surface area contributed by atoms with Gasteiger partial charge in [0.05, 0.1) is 0 Å². The van der Waals surface area contributed by atoms with Crippen LogP contribution in [0.2, 0.25) is 0 Å². The second-order valence-electron chi connectivity index (χ2n) is 6.37. The van der Waals surface area contributed by atoms with Crippen molar-refractivity contribution in [2.24, 2.45) is 5.92 Å². The van der Waals surface area contributed by atoms with E-state index in [2.05, 4.69) is 11.9 Å². The summed E-state index contributed by atoms with van der Waals surface area (Å²) in [5.41, 5.74) is 1.10. The summed E-state index contributed by atoms with van der Waals surface area (Å²) in [5.74, 6) is 0.110. The molecule has 2 heterocycles. The van der Waals surface area contributed by atoms with Gasteiger partial charge in [-0.3, -0.25) is 14.5 Å². The lowest BCUT2D eigenvalue weighted by Crippen LogP contribution is -2.44. The van der Waals surface area contributed by atoms with Gasteiger partial charge in [-0.1, -0.05) is 12.1 Å². The van der Waals surface area contributed by atoms with E-state index in [-0.39, 0.29) is 29.5 Å². The maximum atomic E-state index is 13.1. The van der Waals surface area contributed by atoms with Crippen LogP contribution in [0.5, 0.6) is 0 Å². The maximum Gasteiger partial charge on any atom is 0.229 e. The Hall–Kier alpha value is -1.75. The molecule has 2 amide bonds. The lowest BCUT2D eigenvalue weighted by atomic mass is 9.80. The Morgan fingerprint density at radius 2 is 1.77 bits per heavy atom. The summed E-state index contributed by atoms with van der Waals surface area (Å²) in [6, 6.07) is 6.62. The first-order valence-electron chi connectivity index (χ1n) is 7.82. The molecule has 0 unspecified atom stereocenters. The molecular formula is C17H21FN2O2. The molecule has 0 N–H and O–H groups in total. The first-order valence-corrected chi connectivity index (χ1v) is 7.82. The third kappa shape index (κ3) is 3.04. The Bertz CT molecular complexity index is 557. The summed E-state index contributed by atoms with van der Waals surface area (Å²) in [5, 5.41) is 0. The number of imide groups is 1. The number of rotatable bonds is 3. The van der Waals surface area contributed by atoms with Gasteiger partial charge in [0.15, 0.2) is 0 Å². The molecule has 4 nitrogen and oxygen atoms in total. The van der Waals surface area contributed by atoms with Gasteiger partial charge >= 0.3 is 0 Å². The minimum atomic E-state index is -0.238. The van der Waals surface area contributed by atoms with Crippen molar-refractivity contribution in [3.63, 3.8) is 0 Å². The van der Waals surface area contributed by atoms with Gasteiger partial charge in [0.1, 0.15) is 5.82 Å². The van der Waals surface area contributed by atoms with Gasteiger partial charge in [-0.05, 0) is 49.5 Å². The molecule has 1 aromatic carbocycles. The zero-order chi connectivity index (χ0) is 15.7. The third-order valence-electron chi connectivity index (χ3n) is 4.81. The molecule has 2 atom stereocenters. The van der Waals surface area contributed by atoms with Crippen LogP contribution in [-0.4, -0.2) is 48.3 Å². The Kier molecular flexibility index (Phi) is 4.25. The Morgan fingerprint density at radius 1 is 1.14 bits per heavy atom. The lowest BCUT2D eigenvalue weighted by molar-refractivity contribution is -0.139. The van der Waals surface area contributed by atoms with E-state index in [4.69, 9.17) is 0 Å². The summed E-state index contributed by atoms with van der Waals surface area (Å²) < 4.78 is 13.1. The Labute approximate surface area is 129 Å². The second-order valence-corrected chi connectivity index (χ2v) is 6.37. The Morgan fingerprint density at radius 3 is 2.41 bits per heavy atom. The van der Waals surface area contributed by atoms with E-state index in [0.29, 0.717) is 19.4 Å². The SMILES string of the molecule is CN1CC[C@@H](c2ccc(F)cc2)[C@H](CN2C(=O)CCC2=O)C1. The van der Waals surface area contributed by atoms with Crippen molar-refractivity contribution in [1.82, 2.24) is 9.80 Å². The van der Waals surface area contributed by atoms with E-state index in [1.807, 2.05) is 12.1 Å². The van der Waals surface area contributed by atoms with Gasteiger partial charge in [0.2, 0.25) is 11.8 Å². The fourth-order valence-corrected chi connectivity index (χ4v) is 3.61. The van der Waals surface area contributed by atoms with Crippen LogP contribution in [0, 0.1) is 11.7 Å². The van der Waals surface area contributed by atoms with Gasteiger partial charge in [0.25, 0.3) is 0 Å². The molecule has 3 rings (SSSR count). The molecule has 1 aromatic rings. The summed E-state index contributed by atoms with van der Waals surface area (Å²) in [6.45, 7) is 2.30. The van der Waals surface area contributed by atoms with E-state index in [1.165, 1.54) is 17.0 Å². The Balaban J connectivity index is 1.79. The highest BCUT2D eigenvalue weighted by Gasteiger charge is 2.36. The van der Waals surface area contributed by atoms with Crippen molar-refractivity contribution in [2.45, 2.75) is 25.2 Å². The average Bonchev–Trinajstić information content (AvgIpc) is 2.81.